The number of aliphatic hydroxyl groups is 1. The smallest absolute Gasteiger partial charge is 0.338 e. The standard InChI is InChI=1S/C23H28O9/c1-10(2)19(26)31-14-7-21(5)17-15(30-12(4)25)8-22(6,28)18(17)23(21)16(14)13(20(27)32-23)9-29-11(3)24/h14-15,17-18,28H,1,7-9H2,2-6H3. The maximum Gasteiger partial charge on any atom is 0.338 e. The van der Waals surface area contributed by atoms with E-state index in [1.807, 2.05) is 6.92 Å². The first-order valence-corrected chi connectivity index (χ1v) is 10.6. The number of fused-ring (bicyclic) bond motifs is 2. The lowest BCUT2D eigenvalue weighted by molar-refractivity contribution is -0.262. The SMILES string of the molecule is C=C(C)C(=O)OC1CC2(C)C3C(OC(C)=O)CC(C)(O)C3C23OC(=O)C(COC(C)=O)=C13. The highest BCUT2D eigenvalue weighted by Crippen LogP contribution is 2.79. The Balaban J connectivity index is 1.83. The Kier molecular flexibility index (Phi) is 4.86. The number of hydrogen-bond acceptors (Lipinski definition) is 9. The summed E-state index contributed by atoms with van der Waals surface area (Å²) in [5.74, 6) is -3.22. The molecule has 1 N–H and O–H groups in total. The molecule has 9 heteroatoms. The Labute approximate surface area is 185 Å². The predicted octanol–water partition coefficient (Wildman–Crippen LogP) is 1.37. The summed E-state index contributed by atoms with van der Waals surface area (Å²) in [5.41, 5.74) is -2.58. The fourth-order valence-electron chi connectivity index (χ4n) is 6.67. The molecule has 0 radical (unpaired) electrons. The van der Waals surface area contributed by atoms with Crippen molar-refractivity contribution in [2.24, 2.45) is 17.3 Å². The first kappa shape index (κ1) is 22.5. The minimum atomic E-state index is -1.31. The molecule has 4 aliphatic rings. The third-order valence-corrected chi connectivity index (χ3v) is 7.56. The highest BCUT2D eigenvalue weighted by Gasteiger charge is 2.87. The lowest BCUT2D eigenvalue weighted by Crippen LogP contribution is -2.71. The van der Waals surface area contributed by atoms with Crippen LogP contribution in [-0.2, 0) is 38.1 Å². The van der Waals surface area contributed by atoms with Crippen LogP contribution < -0.4 is 0 Å². The number of hydrogen-bond donors (Lipinski definition) is 1. The fraction of sp³-hybridized carbons (Fsp3) is 0.652. The molecule has 7 atom stereocenters. The van der Waals surface area contributed by atoms with E-state index in [2.05, 4.69) is 6.58 Å². The molecule has 0 bridgehead atoms. The Hall–Kier alpha value is -2.68. The van der Waals surface area contributed by atoms with E-state index >= 15 is 0 Å². The van der Waals surface area contributed by atoms with Gasteiger partial charge in [0.05, 0.1) is 11.2 Å². The molecular weight excluding hydrogens is 420 g/mol. The first-order chi connectivity index (χ1) is 14.8. The Morgan fingerprint density at radius 3 is 2.34 bits per heavy atom. The van der Waals surface area contributed by atoms with Crippen LogP contribution in [0.3, 0.4) is 0 Å². The van der Waals surface area contributed by atoms with Crippen molar-refractivity contribution < 1.29 is 43.2 Å². The molecule has 9 nitrogen and oxygen atoms in total. The lowest BCUT2D eigenvalue weighted by atomic mass is 9.44. The molecule has 1 spiro atoms. The minimum absolute atomic E-state index is 0.119. The van der Waals surface area contributed by atoms with E-state index in [9.17, 15) is 24.3 Å². The molecule has 0 aromatic heterocycles. The molecule has 4 rings (SSSR count). The fourth-order valence-corrected chi connectivity index (χ4v) is 6.67. The van der Waals surface area contributed by atoms with Crippen LogP contribution in [0.1, 0.15) is 47.5 Å². The molecule has 7 unspecified atom stereocenters. The van der Waals surface area contributed by atoms with Crippen molar-refractivity contribution in [1.29, 1.82) is 0 Å². The molecule has 3 aliphatic carbocycles. The maximum atomic E-state index is 13.0. The monoisotopic (exact) mass is 448 g/mol. The van der Waals surface area contributed by atoms with Crippen LogP contribution in [0.4, 0.5) is 0 Å². The molecule has 0 amide bonds. The molecule has 3 fully saturated rings. The molecule has 32 heavy (non-hydrogen) atoms. The van der Waals surface area contributed by atoms with Crippen molar-refractivity contribution in [3.8, 4) is 0 Å². The summed E-state index contributed by atoms with van der Waals surface area (Å²) >= 11 is 0. The topological polar surface area (TPSA) is 125 Å². The van der Waals surface area contributed by atoms with Gasteiger partial charge in [0.1, 0.15) is 24.4 Å². The number of rotatable bonds is 5. The normalized spacial score (nSPS) is 41.1. The molecule has 1 heterocycles. The highest BCUT2D eigenvalue weighted by molar-refractivity contribution is 5.96. The average Bonchev–Trinajstić information content (AvgIpc) is 3.14. The zero-order chi connectivity index (χ0) is 23.8. The van der Waals surface area contributed by atoms with Crippen LogP contribution in [0.25, 0.3) is 0 Å². The van der Waals surface area contributed by atoms with E-state index in [0.29, 0.717) is 12.0 Å². The van der Waals surface area contributed by atoms with Gasteiger partial charge in [-0.05, 0) is 20.3 Å². The second kappa shape index (κ2) is 6.91. The van der Waals surface area contributed by atoms with Crippen LogP contribution in [0.5, 0.6) is 0 Å². The summed E-state index contributed by atoms with van der Waals surface area (Å²) in [7, 11) is 0. The molecule has 0 aromatic rings. The largest absolute Gasteiger partial charge is 0.462 e. The summed E-state index contributed by atoms with van der Waals surface area (Å²) in [6, 6.07) is 0. The zero-order valence-corrected chi connectivity index (χ0v) is 18.9. The van der Waals surface area contributed by atoms with Gasteiger partial charge in [-0.3, -0.25) is 9.59 Å². The molecule has 1 aliphatic heterocycles. The third kappa shape index (κ3) is 2.79. The highest BCUT2D eigenvalue weighted by atomic mass is 16.6. The van der Waals surface area contributed by atoms with Gasteiger partial charge in [0.25, 0.3) is 0 Å². The van der Waals surface area contributed by atoms with E-state index in [-0.39, 0.29) is 30.1 Å². The van der Waals surface area contributed by atoms with Gasteiger partial charge in [-0.1, -0.05) is 13.5 Å². The van der Waals surface area contributed by atoms with Crippen molar-refractivity contribution in [2.45, 2.75) is 70.9 Å². The summed E-state index contributed by atoms with van der Waals surface area (Å²) in [4.78, 5) is 48.5. The molecule has 174 valence electrons. The lowest BCUT2D eigenvalue weighted by Gasteiger charge is -2.63. The molecule has 0 aromatic carbocycles. The van der Waals surface area contributed by atoms with E-state index in [4.69, 9.17) is 18.9 Å². The van der Waals surface area contributed by atoms with E-state index in [1.54, 1.807) is 6.92 Å². The summed E-state index contributed by atoms with van der Waals surface area (Å²) in [6.07, 6.45) is -0.913. The van der Waals surface area contributed by atoms with Crippen LogP contribution >= 0.6 is 0 Å². The second-order valence-electron chi connectivity index (χ2n) is 9.81. The zero-order valence-electron chi connectivity index (χ0n) is 18.9. The Morgan fingerprint density at radius 2 is 1.78 bits per heavy atom. The maximum absolute atomic E-state index is 13.0. The van der Waals surface area contributed by atoms with Gasteiger partial charge in [-0.2, -0.15) is 0 Å². The number of carbonyl (C=O) groups excluding carboxylic acids is 4. The average molecular weight is 448 g/mol. The van der Waals surface area contributed by atoms with Crippen LogP contribution in [0.15, 0.2) is 23.3 Å². The Bertz CT molecular complexity index is 976. The number of esters is 4. The van der Waals surface area contributed by atoms with Crippen molar-refractivity contribution in [3.63, 3.8) is 0 Å². The number of carbonyl (C=O) groups is 4. The van der Waals surface area contributed by atoms with Crippen molar-refractivity contribution in [3.05, 3.63) is 23.3 Å². The minimum Gasteiger partial charge on any atom is -0.462 e. The van der Waals surface area contributed by atoms with Gasteiger partial charge >= 0.3 is 23.9 Å². The molecular formula is C23H28O9. The van der Waals surface area contributed by atoms with Gasteiger partial charge in [0.15, 0.2) is 0 Å². The van der Waals surface area contributed by atoms with Crippen LogP contribution in [0, 0.1) is 17.3 Å². The van der Waals surface area contributed by atoms with Crippen molar-refractivity contribution in [1.82, 2.24) is 0 Å². The van der Waals surface area contributed by atoms with E-state index in [0.717, 1.165) is 0 Å². The van der Waals surface area contributed by atoms with Gasteiger partial charge in [-0.25, -0.2) is 9.59 Å². The van der Waals surface area contributed by atoms with Gasteiger partial charge < -0.3 is 24.1 Å². The van der Waals surface area contributed by atoms with Gasteiger partial charge in [0, 0.05) is 48.7 Å². The summed E-state index contributed by atoms with van der Waals surface area (Å²) in [5, 5.41) is 11.3. The predicted molar refractivity (Wildman–Crippen MR) is 108 cm³/mol. The van der Waals surface area contributed by atoms with E-state index < -0.39 is 58.6 Å². The second-order valence-corrected chi connectivity index (χ2v) is 9.81. The van der Waals surface area contributed by atoms with E-state index in [1.165, 1.54) is 20.8 Å². The van der Waals surface area contributed by atoms with Gasteiger partial charge in [-0.15, -0.1) is 0 Å². The summed E-state index contributed by atoms with van der Waals surface area (Å²) in [6.45, 7) is 10.9. The van der Waals surface area contributed by atoms with Gasteiger partial charge in [0.2, 0.25) is 0 Å². The molecule has 0 saturated heterocycles. The quantitative estimate of drug-likeness (QED) is 0.377. The van der Waals surface area contributed by atoms with Crippen LogP contribution in [0.2, 0.25) is 0 Å². The van der Waals surface area contributed by atoms with Crippen molar-refractivity contribution >= 4 is 23.9 Å². The number of ether oxygens (including phenoxy) is 4. The molecule has 3 saturated carbocycles. The third-order valence-electron chi connectivity index (χ3n) is 7.56. The summed E-state index contributed by atoms with van der Waals surface area (Å²) < 4.78 is 22.3. The van der Waals surface area contributed by atoms with Crippen LogP contribution in [-0.4, -0.2) is 59.0 Å². The van der Waals surface area contributed by atoms with Crippen molar-refractivity contribution in [2.75, 3.05) is 6.61 Å². The Morgan fingerprint density at radius 1 is 1.12 bits per heavy atom. The first-order valence-electron chi connectivity index (χ1n) is 10.6.